The van der Waals surface area contributed by atoms with E-state index in [9.17, 15) is 4.79 Å². The van der Waals surface area contributed by atoms with E-state index in [4.69, 9.17) is 9.90 Å². The van der Waals surface area contributed by atoms with Crippen molar-refractivity contribution in [3.8, 4) is 11.3 Å². The summed E-state index contributed by atoms with van der Waals surface area (Å²) >= 11 is 0. The number of hydrogen-bond donors (Lipinski definition) is 1. The van der Waals surface area contributed by atoms with Crippen LogP contribution >= 0.6 is 0 Å². The average Bonchev–Trinajstić information content (AvgIpc) is 3.20. The quantitative estimate of drug-likeness (QED) is 0.520. The van der Waals surface area contributed by atoms with Crippen molar-refractivity contribution in [3.63, 3.8) is 0 Å². The number of likely N-dealkylation sites (N-methyl/N-ethyl adjacent to an activating group) is 1. The minimum Gasteiger partial charge on any atom is -0.550 e. The van der Waals surface area contributed by atoms with Gasteiger partial charge >= 0.3 is 5.91 Å². The van der Waals surface area contributed by atoms with Crippen LogP contribution in [0.5, 0.6) is 0 Å². The highest BCUT2D eigenvalue weighted by atomic mass is 16.4. The Kier molecular flexibility index (Phi) is 5.84. The number of amides is 1. The number of anilines is 1. The summed E-state index contributed by atoms with van der Waals surface area (Å²) in [6, 6.07) is 22.5. The summed E-state index contributed by atoms with van der Waals surface area (Å²) in [4.78, 5) is 27.1. The lowest BCUT2D eigenvalue weighted by Gasteiger charge is -2.06. The molecule has 166 valence electrons. The lowest BCUT2D eigenvalue weighted by atomic mass is 10.1. The van der Waals surface area contributed by atoms with E-state index in [1.807, 2.05) is 37.4 Å². The van der Waals surface area contributed by atoms with Crippen LogP contribution in [-0.4, -0.2) is 29.0 Å². The number of hydrogen-bond acceptors (Lipinski definition) is 3. The molecule has 1 N–H and O–H groups in total. The first-order valence-electron chi connectivity index (χ1n) is 10.6. The Labute approximate surface area is 192 Å². The number of aliphatic carboxylic acids is 1. The molecule has 2 aromatic carbocycles. The zero-order chi connectivity index (χ0) is 23.7. The number of carbonyl (C=O) groups is 2. The first kappa shape index (κ1) is 22.0. The molecule has 4 aromatic rings. The SMILES string of the molecule is CC(=O)[O-].Cc1ccn2c(-c3ccccc3)c(C)c([NH+]=C3C(=O)N(C)c4ccccc43)c2c1. The van der Waals surface area contributed by atoms with Crippen molar-refractivity contribution in [2.24, 2.45) is 0 Å². The van der Waals surface area contributed by atoms with Crippen molar-refractivity contribution in [3.05, 3.63) is 89.6 Å². The number of nitrogens with zero attached hydrogens (tertiary/aromatic N) is 2. The van der Waals surface area contributed by atoms with Gasteiger partial charge in [-0.15, -0.1) is 0 Å². The van der Waals surface area contributed by atoms with Gasteiger partial charge in [-0.2, -0.15) is 4.99 Å². The number of rotatable bonds is 2. The monoisotopic (exact) mass is 439 g/mol. The van der Waals surface area contributed by atoms with Crippen LogP contribution in [0.4, 0.5) is 11.4 Å². The lowest BCUT2D eigenvalue weighted by molar-refractivity contribution is -0.350. The van der Waals surface area contributed by atoms with Crippen LogP contribution in [0, 0.1) is 13.8 Å². The van der Waals surface area contributed by atoms with Crippen LogP contribution in [0.2, 0.25) is 0 Å². The number of carboxylic acids is 1. The highest BCUT2D eigenvalue weighted by Crippen LogP contribution is 2.33. The van der Waals surface area contributed by atoms with Crippen LogP contribution in [0.25, 0.3) is 16.8 Å². The lowest BCUT2D eigenvalue weighted by Crippen LogP contribution is -2.69. The van der Waals surface area contributed by atoms with E-state index in [1.165, 1.54) is 5.56 Å². The number of carbonyl (C=O) groups excluding carboxylic acids is 2. The number of para-hydroxylation sites is 1. The second-order valence-corrected chi connectivity index (χ2v) is 8.05. The molecule has 3 heterocycles. The van der Waals surface area contributed by atoms with Gasteiger partial charge < -0.3 is 19.2 Å². The van der Waals surface area contributed by atoms with E-state index in [1.54, 1.807) is 4.90 Å². The Bertz CT molecular complexity index is 1400. The topological polar surface area (TPSA) is 78.8 Å². The third-order valence-electron chi connectivity index (χ3n) is 5.69. The number of aryl methyl sites for hydroxylation is 1. The zero-order valence-corrected chi connectivity index (χ0v) is 19.0. The van der Waals surface area contributed by atoms with Gasteiger partial charge in [-0.3, -0.25) is 4.79 Å². The van der Waals surface area contributed by atoms with E-state index in [0.29, 0.717) is 5.71 Å². The first-order chi connectivity index (χ1) is 15.8. The summed E-state index contributed by atoms with van der Waals surface area (Å²) in [7, 11) is 1.82. The fraction of sp³-hybridized carbons (Fsp3) is 0.148. The summed E-state index contributed by atoms with van der Waals surface area (Å²) < 4.78 is 2.20. The van der Waals surface area contributed by atoms with Gasteiger partial charge in [-0.25, -0.2) is 0 Å². The van der Waals surface area contributed by atoms with Gasteiger partial charge in [0.1, 0.15) is 5.52 Å². The summed E-state index contributed by atoms with van der Waals surface area (Å²) in [5, 5.41) is 8.89. The predicted molar refractivity (Wildman–Crippen MR) is 128 cm³/mol. The molecule has 0 saturated carbocycles. The molecule has 1 aliphatic heterocycles. The summed E-state index contributed by atoms with van der Waals surface area (Å²) in [5.74, 6) is -1.10. The van der Waals surface area contributed by atoms with Crippen molar-refractivity contribution >= 4 is 34.5 Å². The minimum atomic E-state index is -1.08. The van der Waals surface area contributed by atoms with Gasteiger partial charge in [0, 0.05) is 24.8 Å². The maximum atomic E-state index is 13.0. The zero-order valence-electron chi connectivity index (χ0n) is 19.0. The second kappa shape index (κ2) is 8.74. The average molecular weight is 440 g/mol. The molecule has 0 unspecified atom stereocenters. The molecular weight excluding hydrogens is 414 g/mol. The molecule has 0 bridgehead atoms. The van der Waals surface area contributed by atoms with E-state index >= 15 is 0 Å². The molecule has 0 spiro atoms. The fourth-order valence-electron chi connectivity index (χ4n) is 4.21. The number of carboxylic acid groups (broad SMARTS) is 1. The minimum absolute atomic E-state index is 0.0149. The van der Waals surface area contributed by atoms with Crippen molar-refractivity contribution in [2.45, 2.75) is 20.8 Å². The van der Waals surface area contributed by atoms with Crippen LogP contribution in [-0.2, 0) is 9.59 Å². The van der Waals surface area contributed by atoms with Crippen LogP contribution in [0.3, 0.4) is 0 Å². The largest absolute Gasteiger partial charge is 0.550 e. The van der Waals surface area contributed by atoms with Crippen LogP contribution < -0.4 is 15.0 Å². The molecule has 2 aromatic heterocycles. The molecule has 0 fully saturated rings. The summed E-state index contributed by atoms with van der Waals surface area (Å²) in [6.45, 7) is 5.17. The maximum Gasteiger partial charge on any atom is 0.323 e. The van der Waals surface area contributed by atoms with Gasteiger partial charge in [-0.05, 0) is 56.2 Å². The summed E-state index contributed by atoms with van der Waals surface area (Å²) in [6.07, 6.45) is 2.10. The molecule has 5 rings (SSSR count). The number of aromatic nitrogens is 1. The number of nitrogens with one attached hydrogen (secondary N) is 1. The third kappa shape index (κ3) is 4.03. The van der Waals surface area contributed by atoms with Gasteiger partial charge in [0.25, 0.3) is 5.71 Å². The first-order valence-corrected chi connectivity index (χ1v) is 10.6. The maximum absolute atomic E-state index is 13.0. The fourth-order valence-corrected chi connectivity index (χ4v) is 4.21. The molecule has 1 aliphatic rings. The Morgan fingerprint density at radius 1 is 0.970 bits per heavy atom. The standard InChI is InChI=1S/C25H21N3O.C2H4O2/c1-16-13-14-28-21(15-16)22(17(2)24(28)18-9-5-4-6-10-18)26-23-19-11-7-8-12-20(19)27(3)25(23)29;1-2(3)4/h4-15H,1-3H3;1H3,(H,3,4). The highest BCUT2D eigenvalue weighted by Gasteiger charge is 2.37. The third-order valence-corrected chi connectivity index (χ3v) is 5.69. The molecule has 1 amide bonds. The molecule has 6 nitrogen and oxygen atoms in total. The van der Waals surface area contributed by atoms with Gasteiger partial charge in [0.05, 0.1) is 16.9 Å². The van der Waals surface area contributed by atoms with Gasteiger partial charge in [0.15, 0.2) is 0 Å². The summed E-state index contributed by atoms with van der Waals surface area (Å²) in [5.41, 5.74) is 9.11. The Morgan fingerprint density at radius 2 is 1.61 bits per heavy atom. The molecular formula is C27H25N3O3. The smallest absolute Gasteiger partial charge is 0.323 e. The van der Waals surface area contributed by atoms with Crippen LogP contribution in [0.1, 0.15) is 23.6 Å². The van der Waals surface area contributed by atoms with Gasteiger partial charge in [-0.1, -0.05) is 42.5 Å². The predicted octanol–water partition coefficient (Wildman–Crippen LogP) is 2.16. The number of fused-ring (bicyclic) bond motifs is 2. The van der Waals surface area contributed by atoms with E-state index in [2.05, 4.69) is 65.8 Å². The van der Waals surface area contributed by atoms with E-state index in [-0.39, 0.29) is 5.91 Å². The molecule has 0 atom stereocenters. The molecule has 6 heteroatoms. The van der Waals surface area contributed by atoms with Crippen molar-refractivity contribution in [1.82, 2.24) is 4.40 Å². The number of pyridine rings is 1. The Morgan fingerprint density at radius 3 is 2.30 bits per heavy atom. The van der Waals surface area contributed by atoms with Gasteiger partial charge in [0.2, 0.25) is 5.69 Å². The number of benzene rings is 2. The molecule has 33 heavy (non-hydrogen) atoms. The van der Waals surface area contributed by atoms with E-state index < -0.39 is 5.97 Å². The van der Waals surface area contributed by atoms with E-state index in [0.717, 1.165) is 46.2 Å². The Hall–Kier alpha value is -4.19. The Balaban J connectivity index is 0.000000601. The van der Waals surface area contributed by atoms with Crippen molar-refractivity contribution in [1.29, 1.82) is 0 Å². The van der Waals surface area contributed by atoms with Crippen molar-refractivity contribution in [2.75, 3.05) is 11.9 Å². The molecule has 0 saturated heterocycles. The normalized spacial score (nSPS) is 13.8. The van der Waals surface area contributed by atoms with Crippen LogP contribution in [0.15, 0.2) is 72.9 Å². The second-order valence-electron chi connectivity index (χ2n) is 8.05. The van der Waals surface area contributed by atoms with Crippen molar-refractivity contribution < 1.29 is 19.7 Å². The highest BCUT2D eigenvalue weighted by molar-refractivity contribution is 6.52. The molecule has 0 radical (unpaired) electrons. The molecule has 0 aliphatic carbocycles.